The van der Waals surface area contributed by atoms with E-state index in [1.165, 1.54) is 21.1 Å². The molecular formula is C6H11NO3. The third-order valence-corrected chi connectivity index (χ3v) is 1.03. The zero-order valence-electron chi connectivity index (χ0n) is 6.38. The van der Waals surface area contributed by atoms with Crippen LogP contribution in [0.5, 0.6) is 0 Å². The Morgan fingerprint density at radius 3 is 2.30 bits per heavy atom. The molecule has 0 fully saturated rings. The van der Waals surface area contributed by atoms with E-state index in [9.17, 15) is 9.59 Å². The summed E-state index contributed by atoms with van der Waals surface area (Å²) in [6, 6.07) is 0. The van der Waals surface area contributed by atoms with Gasteiger partial charge in [0.2, 0.25) is 0 Å². The second-order valence-corrected chi connectivity index (χ2v) is 1.95. The third-order valence-electron chi connectivity index (χ3n) is 1.03. The number of carbonyl (C=O) groups excluding carboxylic acids is 2. The fraction of sp³-hybridized carbons (Fsp3) is 0.667. The maximum absolute atomic E-state index is 10.8. The SMILES string of the molecule is CON(C)C(=O)CC(C)=O. The number of nitrogens with zero attached hydrogens (tertiary/aromatic N) is 1. The Balaban J connectivity index is 3.73. The van der Waals surface area contributed by atoms with Crippen molar-refractivity contribution in [2.24, 2.45) is 0 Å². The highest BCUT2D eigenvalue weighted by Gasteiger charge is 2.09. The Bertz CT molecular complexity index is 144. The lowest BCUT2D eigenvalue weighted by Crippen LogP contribution is -2.26. The molecule has 0 aromatic heterocycles. The molecule has 0 aliphatic carbocycles. The number of rotatable bonds is 3. The number of amides is 1. The molecule has 0 N–H and O–H groups in total. The molecule has 4 nitrogen and oxygen atoms in total. The Morgan fingerprint density at radius 1 is 1.50 bits per heavy atom. The van der Waals surface area contributed by atoms with E-state index >= 15 is 0 Å². The van der Waals surface area contributed by atoms with E-state index in [4.69, 9.17) is 0 Å². The van der Waals surface area contributed by atoms with Crippen LogP contribution in [0.3, 0.4) is 0 Å². The van der Waals surface area contributed by atoms with Gasteiger partial charge in [0.25, 0.3) is 5.91 Å². The fourth-order valence-corrected chi connectivity index (χ4v) is 0.426. The summed E-state index contributed by atoms with van der Waals surface area (Å²) in [5, 5.41) is 1.03. The number of carbonyl (C=O) groups is 2. The van der Waals surface area contributed by atoms with E-state index < -0.39 is 0 Å². The highest BCUT2D eigenvalue weighted by molar-refractivity contribution is 5.96. The highest BCUT2D eigenvalue weighted by atomic mass is 16.7. The molecule has 58 valence electrons. The molecule has 0 aliphatic rings. The number of Topliss-reactive ketones (excluding diaryl/α,β-unsaturated/α-hetero) is 1. The first kappa shape index (κ1) is 9.10. The Hall–Kier alpha value is -0.900. The van der Waals surface area contributed by atoms with Gasteiger partial charge >= 0.3 is 0 Å². The quantitative estimate of drug-likeness (QED) is 0.414. The topological polar surface area (TPSA) is 46.6 Å². The normalized spacial score (nSPS) is 9.10. The molecule has 0 bridgehead atoms. The van der Waals surface area contributed by atoms with Gasteiger partial charge in [0.1, 0.15) is 5.78 Å². The van der Waals surface area contributed by atoms with E-state index in [1.807, 2.05) is 0 Å². The summed E-state index contributed by atoms with van der Waals surface area (Å²) in [5.41, 5.74) is 0. The predicted octanol–water partition coefficient (Wildman–Crippen LogP) is -0.0147. The van der Waals surface area contributed by atoms with E-state index in [1.54, 1.807) is 0 Å². The molecule has 0 unspecified atom stereocenters. The van der Waals surface area contributed by atoms with Crippen molar-refractivity contribution in [2.45, 2.75) is 13.3 Å². The van der Waals surface area contributed by atoms with Crippen molar-refractivity contribution in [1.29, 1.82) is 0 Å². The predicted molar refractivity (Wildman–Crippen MR) is 35.1 cm³/mol. The first-order valence-electron chi connectivity index (χ1n) is 2.88. The lowest BCUT2D eigenvalue weighted by molar-refractivity contribution is -0.169. The second-order valence-electron chi connectivity index (χ2n) is 1.95. The Kier molecular flexibility index (Phi) is 3.64. The molecule has 0 saturated carbocycles. The van der Waals surface area contributed by atoms with Crippen molar-refractivity contribution in [3.63, 3.8) is 0 Å². The molecule has 0 aromatic carbocycles. The van der Waals surface area contributed by atoms with Gasteiger partial charge in [-0.05, 0) is 6.92 Å². The van der Waals surface area contributed by atoms with Crippen molar-refractivity contribution in [2.75, 3.05) is 14.2 Å². The first-order valence-corrected chi connectivity index (χ1v) is 2.88. The van der Waals surface area contributed by atoms with Crippen molar-refractivity contribution in [3.8, 4) is 0 Å². The van der Waals surface area contributed by atoms with Crippen LogP contribution in [0, 0.1) is 0 Å². The lowest BCUT2D eigenvalue weighted by Gasteiger charge is -2.11. The van der Waals surface area contributed by atoms with Gasteiger partial charge in [-0.25, -0.2) is 5.06 Å². The van der Waals surface area contributed by atoms with E-state index in [0.29, 0.717) is 0 Å². The summed E-state index contributed by atoms with van der Waals surface area (Å²) in [7, 11) is 2.84. The molecule has 4 heteroatoms. The van der Waals surface area contributed by atoms with Gasteiger partial charge in [0.15, 0.2) is 0 Å². The smallest absolute Gasteiger partial charge is 0.253 e. The molecular weight excluding hydrogens is 134 g/mol. The first-order chi connectivity index (χ1) is 4.57. The summed E-state index contributed by atoms with van der Waals surface area (Å²) >= 11 is 0. The largest absolute Gasteiger partial charge is 0.299 e. The maximum Gasteiger partial charge on any atom is 0.253 e. The van der Waals surface area contributed by atoms with Crippen molar-refractivity contribution < 1.29 is 14.4 Å². The molecule has 0 aliphatic heterocycles. The summed E-state index contributed by atoms with van der Waals surface area (Å²) in [4.78, 5) is 25.7. The van der Waals surface area contributed by atoms with E-state index in [-0.39, 0.29) is 18.1 Å². The van der Waals surface area contributed by atoms with Crippen LogP contribution >= 0.6 is 0 Å². The van der Waals surface area contributed by atoms with Crippen LogP contribution in [0.1, 0.15) is 13.3 Å². The minimum Gasteiger partial charge on any atom is -0.299 e. The molecule has 0 spiro atoms. The third kappa shape index (κ3) is 3.19. The van der Waals surface area contributed by atoms with Crippen LogP contribution in [0.15, 0.2) is 0 Å². The van der Waals surface area contributed by atoms with Gasteiger partial charge in [-0.15, -0.1) is 0 Å². The fourth-order valence-electron chi connectivity index (χ4n) is 0.426. The van der Waals surface area contributed by atoms with Gasteiger partial charge in [-0.1, -0.05) is 0 Å². The molecule has 0 saturated heterocycles. The Morgan fingerprint density at radius 2 is 2.00 bits per heavy atom. The highest BCUT2D eigenvalue weighted by Crippen LogP contribution is 1.90. The summed E-state index contributed by atoms with van der Waals surface area (Å²) in [5.74, 6) is -0.482. The van der Waals surface area contributed by atoms with Crippen molar-refractivity contribution in [1.82, 2.24) is 5.06 Å². The zero-order valence-corrected chi connectivity index (χ0v) is 6.38. The van der Waals surface area contributed by atoms with Crippen LogP contribution in [-0.2, 0) is 14.4 Å². The molecule has 10 heavy (non-hydrogen) atoms. The number of hydroxylamine groups is 2. The minimum absolute atomic E-state index is 0.0929. The molecule has 0 rings (SSSR count). The number of hydrogen-bond donors (Lipinski definition) is 0. The minimum atomic E-state index is -0.324. The lowest BCUT2D eigenvalue weighted by atomic mass is 10.3. The van der Waals surface area contributed by atoms with Crippen LogP contribution in [0.4, 0.5) is 0 Å². The zero-order chi connectivity index (χ0) is 8.15. The summed E-state index contributed by atoms with van der Waals surface area (Å²) in [6.45, 7) is 1.36. The van der Waals surface area contributed by atoms with Crippen LogP contribution in [0.2, 0.25) is 0 Å². The number of ketones is 1. The van der Waals surface area contributed by atoms with Crippen molar-refractivity contribution in [3.05, 3.63) is 0 Å². The Labute approximate surface area is 59.7 Å². The molecule has 0 atom stereocenters. The van der Waals surface area contributed by atoms with Gasteiger partial charge in [0.05, 0.1) is 13.5 Å². The maximum atomic E-state index is 10.8. The standard InChI is InChI=1S/C6H11NO3/c1-5(8)4-6(9)7(2)10-3/h4H2,1-3H3. The van der Waals surface area contributed by atoms with Gasteiger partial charge in [-0.3, -0.25) is 14.4 Å². The van der Waals surface area contributed by atoms with Gasteiger partial charge in [0, 0.05) is 7.05 Å². The van der Waals surface area contributed by atoms with Crippen LogP contribution in [0.25, 0.3) is 0 Å². The summed E-state index contributed by atoms with van der Waals surface area (Å²) < 4.78 is 0. The van der Waals surface area contributed by atoms with Crippen LogP contribution in [-0.4, -0.2) is 30.9 Å². The summed E-state index contributed by atoms with van der Waals surface area (Å²) in [6.07, 6.45) is -0.0929. The van der Waals surface area contributed by atoms with Crippen molar-refractivity contribution >= 4 is 11.7 Å². The monoisotopic (exact) mass is 145 g/mol. The van der Waals surface area contributed by atoms with E-state index in [2.05, 4.69) is 4.84 Å². The second kappa shape index (κ2) is 4.00. The van der Waals surface area contributed by atoms with E-state index in [0.717, 1.165) is 5.06 Å². The molecule has 1 amide bonds. The number of hydrogen-bond acceptors (Lipinski definition) is 3. The van der Waals surface area contributed by atoms with Gasteiger partial charge < -0.3 is 0 Å². The van der Waals surface area contributed by atoms with Gasteiger partial charge in [-0.2, -0.15) is 0 Å². The molecule has 0 radical (unpaired) electrons. The average molecular weight is 145 g/mol. The van der Waals surface area contributed by atoms with Crippen LogP contribution < -0.4 is 0 Å². The molecule has 0 aromatic rings. The average Bonchev–Trinajstić information content (AvgIpc) is 1.85. The molecule has 0 heterocycles.